The molecule has 0 amide bonds. The SMILES string of the molecule is OCC(F)(F)[C@@H](c1cc(F)ccc1Br)N1CCNCC1. The molecule has 1 saturated heterocycles. The zero-order chi connectivity index (χ0) is 14.8. The summed E-state index contributed by atoms with van der Waals surface area (Å²) < 4.78 is 42.1. The first-order chi connectivity index (χ1) is 9.45. The van der Waals surface area contributed by atoms with E-state index in [0.29, 0.717) is 30.7 Å². The highest BCUT2D eigenvalue weighted by molar-refractivity contribution is 9.10. The van der Waals surface area contributed by atoms with Gasteiger partial charge in [-0.3, -0.25) is 4.90 Å². The average Bonchev–Trinajstić information content (AvgIpc) is 2.44. The third kappa shape index (κ3) is 3.33. The number of rotatable bonds is 4. The summed E-state index contributed by atoms with van der Waals surface area (Å²) in [7, 11) is 0. The molecule has 0 aromatic heterocycles. The van der Waals surface area contributed by atoms with Crippen LogP contribution in [0.25, 0.3) is 0 Å². The number of hydrogen-bond acceptors (Lipinski definition) is 3. The lowest BCUT2D eigenvalue weighted by molar-refractivity contribution is -0.118. The van der Waals surface area contributed by atoms with E-state index in [9.17, 15) is 13.2 Å². The van der Waals surface area contributed by atoms with Crippen LogP contribution in [-0.4, -0.2) is 48.7 Å². The van der Waals surface area contributed by atoms with E-state index < -0.39 is 24.4 Å². The molecular formula is C13H16BrF3N2O. The molecule has 112 valence electrons. The fourth-order valence-corrected chi connectivity index (χ4v) is 2.91. The van der Waals surface area contributed by atoms with Crippen molar-refractivity contribution in [3.8, 4) is 0 Å². The van der Waals surface area contributed by atoms with E-state index in [1.54, 1.807) is 4.90 Å². The van der Waals surface area contributed by atoms with E-state index in [4.69, 9.17) is 5.11 Å². The minimum atomic E-state index is -3.34. The van der Waals surface area contributed by atoms with Crippen LogP contribution in [0.1, 0.15) is 11.6 Å². The van der Waals surface area contributed by atoms with Gasteiger partial charge in [0.15, 0.2) is 0 Å². The quantitative estimate of drug-likeness (QED) is 0.871. The lowest BCUT2D eigenvalue weighted by Crippen LogP contribution is -2.51. The van der Waals surface area contributed by atoms with Crippen LogP contribution in [0.15, 0.2) is 22.7 Å². The summed E-state index contributed by atoms with van der Waals surface area (Å²) in [6, 6.07) is 2.37. The molecule has 1 heterocycles. The highest BCUT2D eigenvalue weighted by atomic mass is 79.9. The Labute approximate surface area is 123 Å². The fourth-order valence-electron chi connectivity index (χ4n) is 2.44. The maximum atomic E-state index is 14.1. The predicted octanol–water partition coefficient (Wildman–Crippen LogP) is 2.16. The maximum Gasteiger partial charge on any atom is 0.289 e. The van der Waals surface area contributed by atoms with Gasteiger partial charge >= 0.3 is 0 Å². The number of nitrogens with one attached hydrogen (secondary N) is 1. The smallest absolute Gasteiger partial charge is 0.289 e. The van der Waals surface area contributed by atoms with Gasteiger partial charge < -0.3 is 10.4 Å². The van der Waals surface area contributed by atoms with Gasteiger partial charge in [0.25, 0.3) is 5.92 Å². The molecule has 0 radical (unpaired) electrons. The van der Waals surface area contributed by atoms with Gasteiger partial charge in [-0.2, -0.15) is 0 Å². The molecule has 0 unspecified atom stereocenters. The molecule has 7 heteroatoms. The second-order valence-corrected chi connectivity index (χ2v) is 5.63. The number of halogens is 4. The monoisotopic (exact) mass is 352 g/mol. The van der Waals surface area contributed by atoms with Gasteiger partial charge in [0.1, 0.15) is 18.5 Å². The number of hydrogen-bond donors (Lipinski definition) is 2. The van der Waals surface area contributed by atoms with Gasteiger partial charge in [-0.05, 0) is 23.8 Å². The molecule has 2 rings (SSSR count). The number of aliphatic hydroxyl groups excluding tert-OH is 1. The normalized spacial score (nSPS) is 19.1. The van der Waals surface area contributed by atoms with Crippen molar-refractivity contribution < 1.29 is 18.3 Å². The van der Waals surface area contributed by atoms with E-state index in [1.807, 2.05) is 0 Å². The van der Waals surface area contributed by atoms with E-state index in [-0.39, 0.29) is 5.56 Å². The van der Waals surface area contributed by atoms with E-state index >= 15 is 0 Å². The number of benzene rings is 1. The van der Waals surface area contributed by atoms with Crippen molar-refractivity contribution in [2.75, 3.05) is 32.8 Å². The van der Waals surface area contributed by atoms with Gasteiger partial charge in [0.2, 0.25) is 0 Å². The molecule has 1 aromatic carbocycles. The zero-order valence-electron chi connectivity index (χ0n) is 10.8. The highest BCUT2D eigenvalue weighted by Crippen LogP contribution is 2.39. The van der Waals surface area contributed by atoms with Crippen LogP contribution in [-0.2, 0) is 0 Å². The number of nitrogens with zero attached hydrogens (tertiary/aromatic N) is 1. The largest absolute Gasteiger partial charge is 0.390 e. The molecule has 0 aliphatic carbocycles. The zero-order valence-corrected chi connectivity index (χ0v) is 12.3. The molecular weight excluding hydrogens is 337 g/mol. The Balaban J connectivity index is 2.42. The molecule has 1 fully saturated rings. The molecule has 3 nitrogen and oxygen atoms in total. The van der Waals surface area contributed by atoms with Crippen LogP contribution in [0.2, 0.25) is 0 Å². The third-order valence-corrected chi connectivity index (χ3v) is 4.10. The Morgan fingerprint density at radius 3 is 2.60 bits per heavy atom. The van der Waals surface area contributed by atoms with Crippen LogP contribution in [0.4, 0.5) is 13.2 Å². The van der Waals surface area contributed by atoms with Crippen LogP contribution in [0, 0.1) is 5.82 Å². The molecule has 1 aliphatic rings. The first-order valence-corrected chi connectivity index (χ1v) is 7.13. The van der Waals surface area contributed by atoms with Crippen LogP contribution >= 0.6 is 15.9 Å². The second kappa shape index (κ2) is 6.43. The van der Waals surface area contributed by atoms with Crippen molar-refractivity contribution in [1.29, 1.82) is 0 Å². The van der Waals surface area contributed by atoms with Gasteiger partial charge in [0, 0.05) is 30.7 Å². The lowest BCUT2D eigenvalue weighted by atomic mass is 9.98. The van der Waals surface area contributed by atoms with Gasteiger partial charge in [0.05, 0.1) is 0 Å². The predicted molar refractivity (Wildman–Crippen MR) is 73.3 cm³/mol. The van der Waals surface area contributed by atoms with Crippen molar-refractivity contribution in [2.24, 2.45) is 0 Å². The minimum absolute atomic E-state index is 0.158. The number of piperazine rings is 1. The Bertz CT molecular complexity index is 467. The van der Waals surface area contributed by atoms with Gasteiger partial charge in [-0.1, -0.05) is 15.9 Å². The minimum Gasteiger partial charge on any atom is -0.390 e. The molecule has 0 bridgehead atoms. The lowest BCUT2D eigenvalue weighted by Gasteiger charge is -2.39. The third-order valence-electron chi connectivity index (χ3n) is 3.38. The van der Waals surface area contributed by atoms with Crippen molar-refractivity contribution in [2.45, 2.75) is 12.0 Å². The molecule has 0 saturated carbocycles. The van der Waals surface area contributed by atoms with Crippen LogP contribution in [0.3, 0.4) is 0 Å². The number of aliphatic hydroxyl groups is 1. The van der Waals surface area contributed by atoms with Gasteiger partial charge in [-0.25, -0.2) is 13.2 Å². The number of alkyl halides is 2. The Morgan fingerprint density at radius 1 is 1.35 bits per heavy atom. The summed E-state index contributed by atoms with van der Waals surface area (Å²) >= 11 is 3.20. The molecule has 1 atom stereocenters. The first kappa shape index (κ1) is 15.8. The van der Waals surface area contributed by atoms with E-state index in [0.717, 1.165) is 6.07 Å². The summed E-state index contributed by atoms with van der Waals surface area (Å²) in [6.07, 6.45) is 0. The van der Waals surface area contributed by atoms with E-state index in [2.05, 4.69) is 21.2 Å². The molecule has 20 heavy (non-hydrogen) atoms. The Hall–Kier alpha value is -0.630. The Kier molecular flexibility index (Phi) is 5.06. The first-order valence-electron chi connectivity index (χ1n) is 6.34. The summed E-state index contributed by atoms with van der Waals surface area (Å²) in [4.78, 5) is 1.58. The average molecular weight is 353 g/mol. The highest BCUT2D eigenvalue weighted by Gasteiger charge is 2.44. The molecule has 2 N–H and O–H groups in total. The molecule has 1 aliphatic heterocycles. The summed E-state index contributed by atoms with van der Waals surface area (Å²) in [5, 5.41) is 12.1. The molecule has 0 spiro atoms. The van der Waals surface area contributed by atoms with Crippen LogP contribution < -0.4 is 5.32 Å². The van der Waals surface area contributed by atoms with Crippen LogP contribution in [0.5, 0.6) is 0 Å². The Morgan fingerprint density at radius 2 is 2.00 bits per heavy atom. The van der Waals surface area contributed by atoms with Crippen molar-refractivity contribution in [3.63, 3.8) is 0 Å². The van der Waals surface area contributed by atoms with E-state index in [1.165, 1.54) is 12.1 Å². The summed E-state index contributed by atoms with van der Waals surface area (Å²) in [5.41, 5.74) is 0.158. The van der Waals surface area contributed by atoms with Crippen molar-refractivity contribution >= 4 is 15.9 Å². The van der Waals surface area contributed by atoms with Crippen molar-refractivity contribution in [3.05, 3.63) is 34.1 Å². The summed E-state index contributed by atoms with van der Waals surface area (Å²) in [5.74, 6) is -3.91. The fraction of sp³-hybridized carbons (Fsp3) is 0.538. The van der Waals surface area contributed by atoms with Gasteiger partial charge in [-0.15, -0.1) is 0 Å². The second-order valence-electron chi connectivity index (χ2n) is 4.77. The van der Waals surface area contributed by atoms with Crippen molar-refractivity contribution in [1.82, 2.24) is 10.2 Å². The topological polar surface area (TPSA) is 35.5 Å². The molecule has 1 aromatic rings. The maximum absolute atomic E-state index is 14.1. The summed E-state index contributed by atoms with van der Waals surface area (Å²) in [6.45, 7) is 0.743. The standard InChI is InChI=1S/C13H16BrF3N2O/c14-11-2-1-9(15)7-10(11)12(13(16,17)8-20)19-5-3-18-4-6-19/h1-2,7,12,18,20H,3-6,8H2/t12-/m1/s1.